The minimum atomic E-state index is -0.687. The lowest BCUT2D eigenvalue weighted by Crippen LogP contribution is -2.42. The number of aliphatic hydroxyl groups excluding tert-OH is 1. The van der Waals surface area contributed by atoms with E-state index >= 15 is 0 Å². The summed E-state index contributed by atoms with van der Waals surface area (Å²) < 4.78 is 10.2. The second-order valence-corrected chi connectivity index (χ2v) is 6.85. The Morgan fingerprint density at radius 1 is 1.33 bits per heavy atom. The quantitative estimate of drug-likeness (QED) is 0.776. The molecule has 1 N–H and O–H groups in total. The number of carbonyl (C=O) groups is 3. The average Bonchev–Trinajstić information content (AvgIpc) is 3.04. The van der Waals surface area contributed by atoms with Crippen LogP contribution in [0.4, 0.5) is 4.79 Å². The van der Waals surface area contributed by atoms with E-state index in [4.69, 9.17) is 9.47 Å². The van der Waals surface area contributed by atoms with Gasteiger partial charge in [0.1, 0.15) is 11.2 Å². The molecule has 0 saturated carbocycles. The van der Waals surface area contributed by atoms with Gasteiger partial charge in [-0.05, 0) is 34.1 Å². The van der Waals surface area contributed by atoms with Crippen molar-refractivity contribution < 1.29 is 29.0 Å². The summed E-state index contributed by atoms with van der Waals surface area (Å²) in [6, 6.07) is -0.265. The minimum Gasteiger partial charge on any atom is -0.503 e. The van der Waals surface area contributed by atoms with E-state index < -0.39 is 29.3 Å². The Morgan fingerprint density at radius 2 is 2.00 bits per heavy atom. The number of amides is 2. The third-order valence-corrected chi connectivity index (χ3v) is 3.86. The number of likely N-dealkylation sites (tertiary alicyclic amines) is 1. The maximum Gasteiger partial charge on any atom is 0.410 e. The predicted octanol–water partition coefficient (Wildman–Crippen LogP) is 1.21. The van der Waals surface area contributed by atoms with E-state index in [9.17, 15) is 19.5 Å². The highest BCUT2D eigenvalue weighted by Crippen LogP contribution is 2.26. The summed E-state index contributed by atoms with van der Waals surface area (Å²) in [6.07, 6.45) is 0.133. The standard InChI is InChI=1S/C16H24N2O6/c1-5-23-14(21)11-9-18(13(20)12(11)19)10-6-7-17(8-10)15(22)24-16(2,3)4/h10,19H,5-9H2,1-4H3. The predicted molar refractivity (Wildman–Crippen MR) is 84.2 cm³/mol. The van der Waals surface area contributed by atoms with Crippen molar-refractivity contribution in [2.45, 2.75) is 45.8 Å². The van der Waals surface area contributed by atoms with E-state index in [1.54, 1.807) is 27.7 Å². The lowest BCUT2D eigenvalue weighted by molar-refractivity contribution is -0.138. The van der Waals surface area contributed by atoms with E-state index in [2.05, 4.69) is 0 Å². The van der Waals surface area contributed by atoms with Gasteiger partial charge in [0.05, 0.1) is 19.2 Å². The first-order valence-electron chi connectivity index (χ1n) is 8.02. The summed E-state index contributed by atoms with van der Waals surface area (Å²) >= 11 is 0. The molecule has 0 aromatic carbocycles. The van der Waals surface area contributed by atoms with E-state index in [0.717, 1.165) is 0 Å². The van der Waals surface area contributed by atoms with E-state index in [0.29, 0.717) is 19.5 Å². The molecular formula is C16H24N2O6. The van der Waals surface area contributed by atoms with Crippen molar-refractivity contribution >= 4 is 18.0 Å². The molecule has 2 heterocycles. The summed E-state index contributed by atoms with van der Waals surface area (Å²) in [5.41, 5.74) is -0.618. The Hall–Kier alpha value is -2.25. The Labute approximate surface area is 141 Å². The maximum atomic E-state index is 12.2. The van der Waals surface area contributed by atoms with Gasteiger partial charge in [0, 0.05) is 13.1 Å². The van der Waals surface area contributed by atoms with Gasteiger partial charge in [0.25, 0.3) is 5.91 Å². The van der Waals surface area contributed by atoms with Gasteiger partial charge < -0.3 is 24.4 Å². The van der Waals surface area contributed by atoms with Gasteiger partial charge in [-0.15, -0.1) is 0 Å². The molecule has 0 aliphatic carbocycles. The molecule has 1 unspecified atom stereocenters. The summed E-state index contributed by atoms with van der Waals surface area (Å²) in [4.78, 5) is 39.0. The molecule has 1 atom stereocenters. The third-order valence-electron chi connectivity index (χ3n) is 3.86. The fourth-order valence-electron chi connectivity index (χ4n) is 2.75. The molecule has 0 aromatic rings. The smallest absolute Gasteiger partial charge is 0.410 e. The Kier molecular flexibility index (Phi) is 5.05. The lowest BCUT2D eigenvalue weighted by atomic mass is 10.2. The zero-order chi connectivity index (χ0) is 18.1. The second-order valence-electron chi connectivity index (χ2n) is 6.85. The third kappa shape index (κ3) is 3.80. The summed E-state index contributed by atoms with van der Waals surface area (Å²) in [6.45, 7) is 7.95. The van der Waals surface area contributed by atoms with Gasteiger partial charge in [-0.3, -0.25) is 4.79 Å². The summed E-state index contributed by atoms with van der Waals surface area (Å²) in [5, 5.41) is 9.90. The van der Waals surface area contributed by atoms with Crippen LogP contribution in [0.2, 0.25) is 0 Å². The maximum absolute atomic E-state index is 12.2. The summed E-state index contributed by atoms with van der Waals surface area (Å²) in [7, 11) is 0. The van der Waals surface area contributed by atoms with Crippen molar-refractivity contribution in [1.29, 1.82) is 0 Å². The normalized spacial score (nSPS) is 21.5. The van der Waals surface area contributed by atoms with Crippen molar-refractivity contribution in [3.8, 4) is 0 Å². The van der Waals surface area contributed by atoms with Crippen LogP contribution in [-0.2, 0) is 19.1 Å². The first-order valence-corrected chi connectivity index (χ1v) is 8.02. The molecule has 1 fully saturated rings. The molecule has 2 amide bonds. The Bertz CT molecular complexity index is 578. The first-order chi connectivity index (χ1) is 11.1. The molecule has 2 rings (SSSR count). The largest absolute Gasteiger partial charge is 0.503 e. The molecule has 0 spiro atoms. The van der Waals surface area contributed by atoms with E-state index in [1.165, 1.54) is 9.80 Å². The molecule has 8 heteroatoms. The number of ether oxygens (including phenoxy) is 2. The first kappa shape index (κ1) is 18.1. The zero-order valence-corrected chi connectivity index (χ0v) is 14.5. The number of esters is 1. The van der Waals surface area contributed by atoms with Crippen molar-refractivity contribution in [3.63, 3.8) is 0 Å². The number of hydrogen-bond acceptors (Lipinski definition) is 6. The van der Waals surface area contributed by atoms with Crippen molar-refractivity contribution in [2.75, 3.05) is 26.2 Å². The number of carbonyl (C=O) groups excluding carboxylic acids is 3. The summed E-state index contributed by atoms with van der Waals surface area (Å²) in [5.74, 6) is -1.86. The SMILES string of the molecule is CCOC(=O)C1=C(O)C(=O)N(C2CCN(C(=O)OC(C)(C)C)C2)C1. The Morgan fingerprint density at radius 3 is 2.58 bits per heavy atom. The number of hydrogen-bond donors (Lipinski definition) is 1. The fraction of sp³-hybridized carbons (Fsp3) is 0.688. The molecule has 1 saturated heterocycles. The van der Waals surface area contributed by atoms with E-state index in [-0.39, 0.29) is 24.8 Å². The molecule has 2 aliphatic rings. The lowest BCUT2D eigenvalue weighted by Gasteiger charge is -2.26. The molecule has 8 nitrogen and oxygen atoms in total. The van der Waals surface area contributed by atoms with Crippen LogP contribution in [0.1, 0.15) is 34.1 Å². The van der Waals surface area contributed by atoms with Crippen LogP contribution < -0.4 is 0 Å². The molecule has 134 valence electrons. The number of rotatable bonds is 3. The van der Waals surface area contributed by atoms with Crippen molar-refractivity contribution in [1.82, 2.24) is 9.80 Å². The molecule has 0 bridgehead atoms. The van der Waals surface area contributed by atoms with Gasteiger partial charge in [-0.25, -0.2) is 9.59 Å². The minimum absolute atomic E-state index is 0.00365. The molecular weight excluding hydrogens is 316 g/mol. The average molecular weight is 340 g/mol. The second kappa shape index (κ2) is 6.70. The van der Waals surface area contributed by atoms with Gasteiger partial charge in [-0.1, -0.05) is 0 Å². The monoisotopic (exact) mass is 340 g/mol. The fourth-order valence-corrected chi connectivity index (χ4v) is 2.75. The molecule has 2 aliphatic heterocycles. The number of aliphatic hydroxyl groups is 1. The van der Waals surface area contributed by atoms with Crippen LogP contribution in [0.25, 0.3) is 0 Å². The van der Waals surface area contributed by atoms with Crippen LogP contribution in [-0.4, -0.2) is 70.8 Å². The van der Waals surface area contributed by atoms with E-state index in [1.807, 2.05) is 0 Å². The van der Waals surface area contributed by atoms with Crippen LogP contribution in [0.15, 0.2) is 11.3 Å². The Balaban J connectivity index is 1.99. The topological polar surface area (TPSA) is 96.4 Å². The van der Waals surface area contributed by atoms with Crippen LogP contribution in [0.3, 0.4) is 0 Å². The van der Waals surface area contributed by atoms with Crippen LogP contribution in [0, 0.1) is 0 Å². The van der Waals surface area contributed by atoms with Gasteiger partial charge in [0.2, 0.25) is 0 Å². The highest BCUT2D eigenvalue weighted by molar-refractivity contribution is 6.05. The van der Waals surface area contributed by atoms with Crippen LogP contribution >= 0.6 is 0 Å². The molecule has 0 radical (unpaired) electrons. The van der Waals surface area contributed by atoms with Crippen molar-refractivity contribution in [2.24, 2.45) is 0 Å². The van der Waals surface area contributed by atoms with Gasteiger partial charge in [-0.2, -0.15) is 0 Å². The molecule has 24 heavy (non-hydrogen) atoms. The highest BCUT2D eigenvalue weighted by atomic mass is 16.6. The number of nitrogens with zero attached hydrogens (tertiary/aromatic N) is 2. The van der Waals surface area contributed by atoms with Gasteiger partial charge >= 0.3 is 12.1 Å². The van der Waals surface area contributed by atoms with Gasteiger partial charge in [0.15, 0.2) is 5.76 Å². The molecule has 0 aromatic heterocycles. The van der Waals surface area contributed by atoms with Crippen molar-refractivity contribution in [3.05, 3.63) is 11.3 Å². The zero-order valence-electron chi connectivity index (χ0n) is 14.5. The van der Waals surface area contributed by atoms with Crippen LogP contribution in [0.5, 0.6) is 0 Å². The highest BCUT2D eigenvalue weighted by Gasteiger charge is 2.42.